The van der Waals surface area contributed by atoms with E-state index in [2.05, 4.69) is 24.5 Å². The molecule has 0 aromatic rings. The molecule has 1 rings (SSSR count). The van der Waals surface area contributed by atoms with Gasteiger partial charge in [-0.1, -0.05) is 6.92 Å². The molecule has 1 fully saturated rings. The standard InChI is InChI=1S/C8H16N2S2/c1-3-9-8(11)10-7-5-12-4-6(7)2/h6-7H,3-5H2,1-2H3,(H2,9,10,11). The Morgan fingerprint density at radius 1 is 1.58 bits per heavy atom. The average Bonchev–Trinajstić information content (AvgIpc) is 2.37. The summed E-state index contributed by atoms with van der Waals surface area (Å²) in [6, 6.07) is 0.571. The molecular formula is C8H16N2S2. The highest BCUT2D eigenvalue weighted by Gasteiger charge is 2.23. The first-order valence-corrected chi connectivity index (χ1v) is 5.92. The molecular weight excluding hydrogens is 188 g/mol. The van der Waals surface area contributed by atoms with Gasteiger partial charge in [-0.05, 0) is 30.8 Å². The van der Waals surface area contributed by atoms with Crippen LogP contribution >= 0.6 is 24.0 Å². The molecule has 2 N–H and O–H groups in total. The maximum Gasteiger partial charge on any atom is 0.166 e. The number of thioether (sulfide) groups is 1. The van der Waals surface area contributed by atoms with Crippen LogP contribution in [0.15, 0.2) is 0 Å². The highest BCUT2D eigenvalue weighted by Crippen LogP contribution is 2.23. The van der Waals surface area contributed by atoms with Crippen molar-refractivity contribution >= 4 is 29.1 Å². The van der Waals surface area contributed by atoms with Crippen molar-refractivity contribution in [3.63, 3.8) is 0 Å². The van der Waals surface area contributed by atoms with Gasteiger partial charge in [0, 0.05) is 18.3 Å². The second kappa shape index (κ2) is 4.92. The molecule has 0 aromatic heterocycles. The van der Waals surface area contributed by atoms with Crippen LogP contribution in [0, 0.1) is 5.92 Å². The second-order valence-electron chi connectivity index (χ2n) is 3.13. The lowest BCUT2D eigenvalue weighted by Crippen LogP contribution is -2.44. The van der Waals surface area contributed by atoms with E-state index in [1.165, 1.54) is 11.5 Å². The van der Waals surface area contributed by atoms with Gasteiger partial charge in [0.05, 0.1) is 0 Å². The zero-order valence-electron chi connectivity index (χ0n) is 7.59. The molecule has 12 heavy (non-hydrogen) atoms. The molecule has 70 valence electrons. The van der Waals surface area contributed by atoms with Gasteiger partial charge in [-0.25, -0.2) is 0 Å². The van der Waals surface area contributed by atoms with Crippen molar-refractivity contribution in [3.05, 3.63) is 0 Å². The van der Waals surface area contributed by atoms with Gasteiger partial charge in [0.15, 0.2) is 5.11 Å². The van der Waals surface area contributed by atoms with E-state index in [0.717, 1.165) is 17.6 Å². The highest BCUT2D eigenvalue weighted by atomic mass is 32.2. The number of thiocarbonyl (C=S) groups is 1. The Morgan fingerprint density at radius 2 is 2.33 bits per heavy atom. The Balaban J connectivity index is 2.25. The third-order valence-corrected chi connectivity index (χ3v) is 3.64. The van der Waals surface area contributed by atoms with Gasteiger partial charge in [-0.15, -0.1) is 0 Å². The highest BCUT2D eigenvalue weighted by molar-refractivity contribution is 7.99. The number of hydrogen-bond donors (Lipinski definition) is 2. The summed E-state index contributed by atoms with van der Waals surface area (Å²) in [6.45, 7) is 5.23. The monoisotopic (exact) mass is 204 g/mol. The van der Waals surface area contributed by atoms with E-state index in [4.69, 9.17) is 12.2 Å². The van der Waals surface area contributed by atoms with Crippen LogP contribution in [0.2, 0.25) is 0 Å². The third kappa shape index (κ3) is 2.83. The van der Waals surface area contributed by atoms with Crippen molar-refractivity contribution < 1.29 is 0 Å². The summed E-state index contributed by atoms with van der Waals surface area (Å²) >= 11 is 7.11. The molecule has 0 bridgehead atoms. The lowest BCUT2D eigenvalue weighted by molar-refractivity contribution is 0.518. The van der Waals surface area contributed by atoms with Crippen LogP contribution in [-0.4, -0.2) is 29.2 Å². The first-order valence-electron chi connectivity index (χ1n) is 4.36. The first kappa shape index (κ1) is 10.1. The Kier molecular flexibility index (Phi) is 4.15. The average molecular weight is 204 g/mol. The Morgan fingerprint density at radius 3 is 2.83 bits per heavy atom. The van der Waals surface area contributed by atoms with Crippen LogP contribution < -0.4 is 10.6 Å². The fraction of sp³-hybridized carbons (Fsp3) is 0.875. The molecule has 0 saturated carbocycles. The number of nitrogens with one attached hydrogen (secondary N) is 2. The molecule has 1 aliphatic rings. The van der Waals surface area contributed by atoms with Gasteiger partial charge in [0.1, 0.15) is 0 Å². The van der Waals surface area contributed by atoms with E-state index in [9.17, 15) is 0 Å². The maximum absolute atomic E-state index is 5.11. The molecule has 0 radical (unpaired) electrons. The molecule has 2 atom stereocenters. The maximum atomic E-state index is 5.11. The molecule has 1 aliphatic heterocycles. The van der Waals surface area contributed by atoms with E-state index >= 15 is 0 Å². The number of hydrogen-bond acceptors (Lipinski definition) is 2. The first-order chi connectivity index (χ1) is 5.74. The lowest BCUT2D eigenvalue weighted by Gasteiger charge is -2.18. The van der Waals surface area contributed by atoms with Crippen molar-refractivity contribution in [2.75, 3.05) is 18.1 Å². The Labute approximate surface area is 83.9 Å². The third-order valence-electron chi connectivity index (χ3n) is 2.02. The van der Waals surface area contributed by atoms with Gasteiger partial charge in [0.25, 0.3) is 0 Å². The van der Waals surface area contributed by atoms with Crippen LogP contribution in [0.25, 0.3) is 0 Å². The zero-order valence-corrected chi connectivity index (χ0v) is 9.23. The van der Waals surface area contributed by atoms with E-state index in [1.54, 1.807) is 0 Å². The van der Waals surface area contributed by atoms with Crippen LogP contribution in [0.4, 0.5) is 0 Å². The summed E-state index contributed by atoms with van der Waals surface area (Å²) in [5, 5.41) is 7.24. The summed E-state index contributed by atoms with van der Waals surface area (Å²) < 4.78 is 0. The lowest BCUT2D eigenvalue weighted by atomic mass is 10.1. The van der Waals surface area contributed by atoms with Crippen molar-refractivity contribution in [2.24, 2.45) is 5.92 Å². The van der Waals surface area contributed by atoms with Crippen molar-refractivity contribution in [1.82, 2.24) is 10.6 Å². The molecule has 0 aliphatic carbocycles. The fourth-order valence-corrected chi connectivity index (χ4v) is 2.93. The topological polar surface area (TPSA) is 24.1 Å². The SMILES string of the molecule is CCNC(=S)NC1CSCC1C. The smallest absolute Gasteiger partial charge is 0.166 e. The molecule has 1 saturated heterocycles. The van der Waals surface area contributed by atoms with E-state index in [0.29, 0.717) is 6.04 Å². The second-order valence-corrected chi connectivity index (χ2v) is 4.61. The summed E-state index contributed by atoms with van der Waals surface area (Å²) in [6.07, 6.45) is 0. The van der Waals surface area contributed by atoms with Gasteiger partial charge in [-0.3, -0.25) is 0 Å². The van der Waals surface area contributed by atoms with E-state index < -0.39 is 0 Å². The van der Waals surface area contributed by atoms with Crippen LogP contribution in [0.1, 0.15) is 13.8 Å². The van der Waals surface area contributed by atoms with Crippen LogP contribution in [0.5, 0.6) is 0 Å². The van der Waals surface area contributed by atoms with Gasteiger partial charge >= 0.3 is 0 Å². The predicted octanol–water partition coefficient (Wildman–Crippen LogP) is 1.22. The molecule has 0 aromatic carbocycles. The summed E-state index contributed by atoms with van der Waals surface area (Å²) in [7, 11) is 0. The summed E-state index contributed by atoms with van der Waals surface area (Å²) in [4.78, 5) is 0. The predicted molar refractivity (Wildman–Crippen MR) is 59.7 cm³/mol. The van der Waals surface area contributed by atoms with Crippen molar-refractivity contribution in [3.8, 4) is 0 Å². The molecule has 2 nitrogen and oxygen atoms in total. The molecule has 0 spiro atoms. The van der Waals surface area contributed by atoms with Crippen molar-refractivity contribution in [2.45, 2.75) is 19.9 Å². The quantitative estimate of drug-likeness (QED) is 0.661. The normalized spacial score (nSPS) is 28.5. The minimum atomic E-state index is 0.571. The van der Waals surface area contributed by atoms with Crippen molar-refractivity contribution in [1.29, 1.82) is 0 Å². The molecule has 0 amide bonds. The minimum Gasteiger partial charge on any atom is -0.363 e. The largest absolute Gasteiger partial charge is 0.363 e. The fourth-order valence-electron chi connectivity index (χ4n) is 1.23. The van der Waals surface area contributed by atoms with Gasteiger partial charge in [0.2, 0.25) is 0 Å². The Bertz CT molecular complexity index is 161. The van der Waals surface area contributed by atoms with Gasteiger partial charge in [-0.2, -0.15) is 11.8 Å². The molecule has 1 heterocycles. The van der Waals surface area contributed by atoms with Gasteiger partial charge < -0.3 is 10.6 Å². The summed E-state index contributed by atoms with van der Waals surface area (Å²) in [5.41, 5.74) is 0. The summed E-state index contributed by atoms with van der Waals surface area (Å²) in [5.74, 6) is 3.19. The number of rotatable bonds is 2. The minimum absolute atomic E-state index is 0.571. The molecule has 2 unspecified atom stereocenters. The Hall–Kier alpha value is 0.0400. The molecule has 4 heteroatoms. The van der Waals surface area contributed by atoms with Crippen LogP contribution in [-0.2, 0) is 0 Å². The zero-order chi connectivity index (χ0) is 8.97. The van der Waals surface area contributed by atoms with Crippen LogP contribution in [0.3, 0.4) is 0 Å². The van der Waals surface area contributed by atoms with E-state index in [1.807, 2.05) is 11.8 Å². The van der Waals surface area contributed by atoms with E-state index in [-0.39, 0.29) is 0 Å².